The number of anilines is 1. The fourth-order valence-corrected chi connectivity index (χ4v) is 3.56. The van der Waals surface area contributed by atoms with Crippen molar-refractivity contribution in [1.82, 2.24) is 10.2 Å². The number of amides is 1. The summed E-state index contributed by atoms with van der Waals surface area (Å²) < 4.78 is 5.64. The molecule has 0 bridgehead atoms. The van der Waals surface area contributed by atoms with E-state index in [0.29, 0.717) is 6.54 Å². The van der Waals surface area contributed by atoms with Crippen LogP contribution in [0.3, 0.4) is 0 Å². The van der Waals surface area contributed by atoms with E-state index < -0.39 is 0 Å². The van der Waals surface area contributed by atoms with Gasteiger partial charge in [-0.2, -0.15) is 0 Å². The number of hydrogen-bond donors (Lipinski definition) is 1. The molecule has 5 nitrogen and oxygen atoms in total. The predicted octanol–water partition coefficient (Wildman–Crippen LogP) is 2.93. The highest BCUT2D eigenvalue weighted by Gasteiger charge is 2.17. The molecule has 0 aliphatic carbocycles. The van der Waals surface area contributed by atoms with Gasteiger partial charge in [-0.05, 0) is 50.1 Å². The van der Waals surface area contributed by atoms with E-state index in [1.165, 1.54) is 16.8 Å². The van der Waals surface area contributed by atoms with Gasteiger partial charge >= 0.3 is 0 Å². The highest BCUT2D eigenvalue weighted by Crippen LogP contribution is 2.19. The van der Waals surface area contributed by atoms with Crippen LogP contribution in [-0.4, -0.2) is 56.7 Å². The van der Waals surface area contributed by atoms with Crippen molar-refractivity contribution in [2.45, 2.75) is 20.8 Å². The van der Waals surface area contributed by atoms with Crippen LogP contribution in [-0.2, 0) is 4.79 Å². The maximum absolute atomic E-state index is 12.0. The summed E-state index contributed by atoms with van der Waals surface area (Å²) in [6.07, 6.45) is 0. The Balaban J connectivity index is 1.34. The Kier molecular flexibility index (Phi) is 6.93. The summed E-state index contributed by atoms with van der Waals surface area (Å²) >= 11 is 0. The molecule has 5 heteroatoms. The summed E-state index contributed by atoms with van der Waals surface area (Å²) in [6.45, 7) is 11.8. The third-order valence-electron chi connectivity index (χ3n) is 5.18. The van der Waals surface area contributed by atoms with E-state index >= 15 is 0 Å². The second-order valence-corrected chi connectivity index (χ2v) is 7.58. The third-order valence-corrected chi connectivity index (χ3v) is 5.18. The standard InChI is InChI=1S/C23H31N3O2/c1-18-5-4-6-21(16-18)26-13-11-25(12-14-26)10-9-24-23(27)17-28-22-8-7-19(2)15-20(22)3/h4-8,15-16H,9-14,17H2,1-3H3,(H,24,27). The first kappa shape index (κ1) is 20.2. The molecule has 2 aromatic carbocycles. The van der Waals surface area contributed by atoms with Gasteiger partial charge in [0.2, 0.25) is 0 Å². The molecule has 2 aromatic rings. The summed E-state index contributed by atoms with van der Waals surface area (Å²) in [4.78, 5) is 16.9. The van der Waals surface area contributed by atoms with E-state index in [1.54, 1.807) is 0 Å². The van der Waals surface area contributed by atoms with Crippen LogP contribution in [0.1, 0.15) is 16.7 Å². The van der Waals surface area contributed by atoms with Gasteiger partial charge in [0, 0.05) is 45.0 Å². The first-order chi connectivity index (χ1) is 13.5. The fraction of sp³-hybridized carbons (Fsp3) is 0.435. The molecule has 0 atom stereocenters. The molecule has 0 saturated carbocycles. The van der Waals surface area contributed by atoms with E-state index in [4.69, 9.17) is 4.74 Å². The van der Waals surface area contributed by atoms with Crippen LogP contribution >= 0.6 is 0 Å². The predicted molar refractivity (Wildman–Crippen MR) is 114 cm³/mol. The van der Waals surface area contributed by atoms with Crippen LogP contribution in [0.4, 0.5) is 5.69 Å². The minimum atomic E-state index is -0.0710. The minimum absolute atomic E-state index is 0.0606. The summed E-state index contributed by atoms with van der Waals surface area (Å²) in [6, 6.07) is 14.6. The van der Waals surface area contributed by atoms with E-state index in [-0.39, 0.29) is 12.5 Å². The Bertz CT molecular complexity index is 798. The molecule has 3 rings (SSSR count). The maximum atomic E-state index is 12.0. The van der Waals surface area contributed by atoms with Crippen LogP contribution in [0.15, 0.2) is 42.5 Å². The van der Waals surface area contributed by atoms with Crippen molar-refractivity contribution in [2.75, 3.05) is 50.8 Å². The number of carbonyl (C=O) groups is 1. The molecule has 0 aromatic heterocycles. The summed E-state index contributed by atoms with van der Waals surface area (Å²) in [5.41, 5.74) is 4.85. The van der Waals surface area contributed by atoms with Gasteiger partial charge in [0.15, 0.2) is 6.61 Å². The highest BCUT2D eigenvalue weighted by atomic mass is 16.5. The van der Waals surface area contributed by atoms with Crippen LogP contribution < -0.4 is 15.0 Å². The van der Waals surface area contributed by atoms with Crippen molar-refractivity contribution < 1.29 is 9.53 Å². The lowest BCUT2D eigenvalue weighted by atomic mass is 10.1. The van der Waals surface area contributed by atoms with Gasteiger partial charge in [0.25, 0.3) is 5.91 Å². The number of rotatable bonds is 7. The van der Waals surface area contributed by atoms with Crippen molar-refractivity contribution >= 4 is 11.6 Å². The van der Waals surface area contributed by atoms with Crippen molar-refractivity contribution in [3.8, 4) is 5.75 Å². The second kappa shape index (κ2) is 9.60. The lowest BCUT2D eigenvalue weighted by molar-refractivity contribution is -0.123. The zero-order valence-corrected chi connectivity index (χ0v) is 17.2. The summed E-state index contributed by atoms with van der Waals surface area (Å²) in [5, 5.41) is 2.96. The Morgan fingerprint density at radius 3 is 2.46 bits per heavy atom. The minimum Gasteiger partial charge on any atom is -0.484 e. The molecule has 1 fully saturated rings. The van der Waals surface area contributed by atoms with E-state index in [1.807, 2.05) is 26.0 Å². The van der Waals surface area contributed by atoms with Crippen molar-refractivity contribution in [2.24, 2.45) is 0 Å². The Morgan fingerprint density at radius 1 is 1.00 bits per heavy atom. The zero-order valence-electron chi connectivity index (χ0n) is 17.2. The average molecular weight is 382 g/mol. The molecule has 1 saturated heterocycles. The van der Waals surface area contributed by atoms with Gasteiger partial charge in [-0.25, -0.2) is 0 Å². The Morgan fingerprint density at radius 2 is 1.75 bits per heavy atom. The molecular formula is C23H31N3O2. The molecular weight excluding hydrogens is 350 g/mol. The number of piperazine rings is 1. The second-order valence-electron chi connectivity index (χ2n) is 7.58. The number of aryl methyl sites for hydroxylation is 3. The molecule has 1 amide bonds. The zero-order chi connectivity index (χ0) is 19.9. The van der Waals surface area contributed by atoms with Crippen LogP contribution in [0.25, 0.3) is 0 Å². The molecule has 1 heterocycles. The molecule has 1 aliphatic rings. The Labute approximate surface area is 168 Å². The average Bonchev–Trinajstić information content (AvgIpc) is 2.68. The van der Waals surface area contributed by atoms with Gasteiger partial charge in [-0.3, -0.25) is 9.69 Å². The lowest BCUT2D eigenvalue weighted by Crippen LogP contribution is -2.48. The fourth-order valence-electron chi connectivity index (χ4n) is 3.56. The number of hydrogen-bond acceptors (Lipinski definition) is 4. The number of ether oxygens (including phenoxy) is 1. The van der Waals surface area contributed by atoms with E-state index in [2.05, 4.69) is 52.4 Å². The van der Waals surface area contributed by atoms with Crippen LogP contribution in [0, 0.1) is 20.8 Å². The van der Waals surface area contributed by atoms with E-state index in [0.717, 1.165) is 44.0 Å². The van der Waals surface area contributed by atoms with Gasteiger partial charge in [0.05, 0.1) is 0 Å². The number of nitrogens with one attached hydrogen (secondary N) is 1. The van der Waals surface area contributed by atoms with Gasteiger partial charge in [-0.1, -0.05) is 29.8 Å². The molecule has 28 heavy (non-hydrogen) atoms. The number of nitrogens with zero attached hydrogens (tertiary/aromatic N) is 2. The normalized spacial score (nSPS) is 14.8. The smallest absolute Gasteiger partial charge is 0.257 e. The van der Waals surface area contributed by atoms with Crippen molar-refractivity contribution in [3.63, 3.8) is 0 Å². The number of carbonyl (C=O) groups excluding carboxylic acids is 1. The molecule has 0 unspecified atom stereocenters. The molecule has 150 valence electrons. The third kappa shape index (κ3) is 5.73. The SMILES string of the molecule is Cc1cccc(N2CCN(CCNC(=O)COc3ccc(C)cc3C)CC2)c1. The number of benzene rings is 2. The molecule has 1 N–H and O–H groups in total. The summed E-state index contributed by atoms with van der Waals surface area (Å²) in [5.74, 6) is 0.700. The van der Waals surface area contributed by atoms with Gasteiger partial charge in [-0.15, -0.1) is 0 Å². The Hall–Kier alpha value is -2.53. The van der Waals surface area contributed by atoms with Crippen LogP contribution in [0.5, 0.6) is 5.75 Å². The maximum Gasteiger partial charge on any atom is 0.257 e. The van der Waals surface area contributed by atoms with Crippen molar-refractivity contribution in [1.29, 1.82) is 0 Å². The molecule has 1 aliphatic heterocycles. The highest BCUT2D eigenvalue weighted by molar-refractivity contribution is 5.77. The topological polar surface area (TPSA) is 44.8 Å². The first-order valence-electron chi connectivity index (χ1n) is 10.0. The van der Waals surface area contributed by atoms with Crippen molar-refractivity contribution in [3.05, 3.63) is 59.2 Å². The largest absolute Gasteiger partial charge is 0.484 e. The molecule has 0 spiro atoms. The van der Waals surface area contributed by atoms with E-state index in [9.17, 15) is 4.79 Å². The quantitative estimate of drug-likeness (QED) is 0.801. The summed E-state index contributed by atoms with van der Waals surface area (Å²) in [7, 11) is 0. The lowest BCUT2D eigenvalue weighted by Gasteiger charge is -2.36. The van der Waals surface area contributed by atoms with Crippen LogP contribution in [0.2, 0.25) is 0 Å². The monoisotopic (exact) mass is 381 g/mol. The van der Waals surface area contributed by atoms with Gasteiger partial charge in [0.1, 0.15) is 5.75 Å². The molecule has 0 radical (unpaired) electrons. The first-order valence-corrected chi connectivity index (χ1v) is 10.0. The van der Waals surface area contributed by atoms with Gasteiger partial charge < -0.3 is 15.0 Å².